The van der Waals surface area contributed by atoms with Crippen LogP contribution in [0, 0.1) is 13.8 Å². The van der Waals surface area contributed by atoms with Crippen LogP contribution in [0.15, 0.2) is 36.4 Å². The van der Waals surface area contributed by atoms with Crippen molar-refractivity contribution in [2.75, 3.05) is 18.4 Å². The van der Waals surface area contributed by atoms with E-state index in [1.54, 1.807) is 0 Å². The van der Waals surface area contributed by atoms with Gasteiger partial charge in [-0.25, -0.2) is 0 Å². The van der Waals surface area contributed by atoms with Crippen molar-refractivity contribution < 1.29 is 4.79 Å². The molecule has 4 heteroatoms. The summed E-state index contributed by atoms with van der Waals surface area (Å²) in [4.78, 5) is 17.4. The van der Waals surface area contributed by atoms with E-state index in [2.05, 4.69) is 15.6 Å². The fourth-order valence-electron chi connectivity index (χ4n) is 3.10. The third kappa shape index (κ3) is 3.77. The second kappa shape index (κ2) is 6.92. The summed E-state index contributed by atoms with van der Waals surface area (Å²) in [6.07, 6.45) is 2.06. The van der Waals surface area contributed by atoms with E-state index in [9.17, 15) is 4.79 Å². The molecule has 2 heterocycles. The predicted molar refractivity (Wildman–Crippen MR) is 93.0 cm³/mol. The molecule has 4 nitrogen and oxygen atoms in total. The average Bonchev–Trinajstić information content (AvgIpc) is 2.55. The number of hydrogen-bond donors (Lipinski definition) is 2. The van der Waals surface area contributed by atoms with Gasteiger partial charge in [-0.3, -0.25) is 9.78 Å². The standard InChI is InChI=1S/C19H23N3O/c1-13-4-3-5-16(12-13)22-19(23)17-7-6-14(2)21-18(17)15-8-10-20-11-9-15/h3-7,12,15,20H,8-11H2,1-2H3,(H,22,23). The fraction of sp³-hybridized carbons (Fsp3) is 0.368. The van der Waals surface area contributed by atoms with Crippen molar-refractivity contribution in [1.82, 2.24) is 10.3 Å². The summed E-state index contributed by atoms with van der Waals surface area (Å²) >= 11 is 0. The van der Waals surface area contributed by atoms with Crippen LogP contribution in [0.4, 0.5) is 5.69 Å². The van der Waals surface area contributed by atoms with E-state index in [4.69, 9.17) is 0 Å². The van der Waals surface area contributed by atoms with Crippen LogP contribution < -0.4 is 10.6 Å². The highest BCUT2D eigenvalue weighted by Gasteiger charge is 2.23. The fourth-order valence-corrected chi connectivity index (χ4v) is 3.10. The minimum absolute atomic E-state index is 0.0726. The van der Waals surface area contributed by atoms with E-state index in [1.807, 2.05) is 50.2 Å². The summed E-state index contributed by atoms with van der Waals surface area (Å²) in [5.41, 5.74) is 4.56. The molecule has 0 spiro atoms. The molecule has 0 atom stereocenters. The second-order valence-corrected chi connectivity index (χ2v) is 6.23. The molecule has 0 saturated carbocycles. The molecule has 23 heavy (non-hydrogen) atoms. The minimum Gasteiger partial charge on any atom is -0.322 e. The normalized spacial score (nSPS) is 15.4. The third-order valence-corrected chi connectivity index (χ3v) is 4.31. The van der Waals surface area contributed by atoms with Gasteiger partial charge >= 0.3 is 0 Å². The van der Waals surface area contributed by atoms with Gasteiger partial charge in [0.25, 0.3) is 5.91 Å². The highest BCUT2D eigenvalue weighted by Crippen LogP contribution is 2.27. The van der Waals surface area contributed by atoms with Gasteiger partial charge in [0.05, 0.1) is 11.3 Å². The number of nitrogens with one attached hydrogen (secondary N) is 2. The summed E-state index contributed by atoms with van der Waals surface area (Å²) in [6, 6.07) is 11.7. The van der Waals surface area contributed by atoms with Crippen molar-refractivity contribution in [2.24, 2.45) is 0 Å². The van der Waals surface area contributed by atoms with Gasteiger partial charge in [0.15, 0.2) is 0 Å². The van der Waals surface area contributed by atoms with Crippen LogP contribution in [0.1, 0.15) is 46.1 Å². The van der Waals surface area contributed by atoms with Crippen molar-refractivity contribution in [3.05, 3.63) is 58.9 Å². The Labute approximate surface area is 137 Å². The van der Waals surface area contributed by atoms with Crippen LogP contribution in [0.25, 0.3) is 0 Å². The Morgan fingerprint density at radius 2 is 1.96 bits per heavy atom. The van der Waals surface area contributed by atoms with Gasteiger partial charge in [0.1, 0.15) is 0 Å². The van der Waals surface area contributed by atoms with Crippen molar-refractivity contribution >= 4 is 11.6 Å². The molecule has 0 unspecified atom stereocenters. The van der Waals surface area contributed by atoms with Crippen molar-refractivity contribution in [1.29, 1.82) is 0 Å². The maximum absolute atomic E-state index is 12.7. The van der Waals surface area contributed by atoms with Crippen LogP contribution in [-0.2, 0) is 0 Å². The highest BCUT2D eigenvalue weighted by molar-refractivity contribution is 6.05. The zero-order valence-electron chi connectivity index (χ0n) is 13.7. The summed E-state index contributed by atoms with van der Waals surface area (Å²) < 4.78 is 0. The molecule has 1 fully saturated rings. The van der Waals surface area contributed by atoms with Crippen molar-refractivity contribution in [2.45, 2.75) is 32.6 Å². The first-order chi connectivity index (χ1) is 11.1. The zero-order chi connectivity index (χ0) is 16.2. The number of anilines is 1. The lowest BCUT2D eigenvalue weighted by Gasteiger charge is -2.24. The molecule has 120 valence electrons. The Hall–Kier alpha value is -2.20. The average molecular weight is 309 g/mol. The molecule has 1 aliphatic heterocycles. The molecule has 2 N–H and O–H groups in total. The smallest absolute Gasteiger partial charge is 0.257 e. The molecular formula is C19H23N3O. The largest absolute Gasteiger partial charge is 0.322 e. The number of piperidine rings is 1. The number of aromatic nitrogens is 1. The number of carbonyl (C=O) groups excluding carboxylic acids is 1. The number of hydrogen-bond acceptors (Lipinski definition) is 3. The van der Waals surface area contributed by atoms with Gasteiger partial charge in [0, 0.05) is 17.3 Å². The maximum Gasteiger partial charge on any atom is 0.257 e. The van der Waals surface area contributed by atoms with Crippen molar-refractivity contribution in [3.63, 3.8) is 0 Å². The van der Waals surface area contributed by atoms with Gasteiger partial charge in [0.2, 0.25) is 0 Å². The molecule has 3 rings (SSSR count). The Bertz CT molecular complexity index is 706. The first-order valence-corrected chi connectivity index (χ1v) is 8.20. The molecule has 0 bridgehead atoms. The van der Waals surface area contributed by atoms with Gasteiger partial charge in [-0.1, -0.05) is 12.1 Å². The maximum atomic E-state index is 12.7. The molecular weight excluding hydrogens is 286 g/mol. The molecule has 1 aromatic heterocycles. The number of pyridine rings is 1. The van der Waals surface area contributed by atoms with E-state index in [-0.39, 0.29) is 5.91 Å². The SMILES string of the molecule is Cc1cccc(NC(=O)c2ccc(C)nc2C2CCNCC2)c1. The van der Waals surface area contributed by atoms with Crippen LogP contribution in [0.5, 0.6) is 0 Å². The lowest BCUT2D eigenvalue weighted by molar-refractivity contribution is 0.102. The molecule has 0 radical (unpaired) electrons. The second-order valence-electron chi connectivity index (χ2n) is 6.23. The van der Waals surface area contributed by atoms with Crippen LogP contribution in [0.2, 0.25) is 0 Å². The quantitative estimate of drug-likeness (QED) is 0.913. The number of aryl methyl sites for hydroxylation is 2. The van der Waals surface area contributed by atoms with Crippen LogP contribution >= 0.6 is 0 Å². The first kappa shape index (κ1) is 15.7. The third-order valence-electron chi connectivity index (χ3n) is 4.31. The number of carbonyl (C=O) groups is 1. The Kier molecular flexibility index (Phi) is 4.72. The monoisotopic (exact) mass is 309 g/mol. The minimum atomic E-state index is -0.0726. The van der Waals surface area contributed by atoms with E-state index < -0.39 is 0 Å². The van der Waals surface area contributed by atoms with Gasteiger partial charge in [-0.15, -0.1) is 0 Å². The number of nitrogens with zero attached hydrogens (tertiary/aromatic N) is 1. The van der Waals surface area contributed by atoms with E-state index in [1.165, 1.54) is 0 Å². The highest BCUT2D eigenvalue weighted by atomic mass is 16.1. The molecule has 1 saturated heterocycles. The number of amides is 1. The summed E-state index contributed by atoms with van der Waals surface area (Å²) in [7, 11) is 0. The van der Waals surface area contributed by atoms with Gasteiger partial charge in [-0.2, -0.15) is 0 Å². The van der Waals surface area contributed by atoms with E-state index >= 15 is 0 Å². The number of benzene rings is 1. The van der Waals surface area contributed by atoms with Gasteiger partial charge < -0.3 is 10.6 Å². The van der Waals surface area contributed by atoms with E-state index in [0.29, 0.717) is 11.5 Å². The first-order valence-electron chi connectivity index (χ1n) is 8.20. The molecule has 2 aromatic rings. The lowest BCUT2D eigenvalue weighted by atomic mass is 9.90. The Morgan fingerprint density at radius 1 is 1.17 bits per heavy atom. The molecule has 1 amide bonds. The molecule has 0 aliphatic carbocycles. The summed E-state index contributed by atoms with van der Waals surface area (Å²) in [5, 5.41) is 6.37. The molecule has 1 aromatic carbocycles. The van der Waals surface area contributed by atoms with Crippen LogP contribution in [-0.4, -0.2) is 24.0 Å². The van der Waals surface area contributed by atoms with Crippen LogP contribution in [0.3, 0.4) is 0 Å². The zero-order valence-corrected chi connectivity index (χ0v) is 13.7. The Morgan fingerprint density at radius 3 is 2.70 bits per heavy atom. The lowest BCUT2D eigenvalue weighted by Crippen LogP contribution is -2.28. The predicted octanol–water partition coefficient (Wildman–Crippen LogP) is 3.42. The van der Waals surface area contributed by atoms with Crippen molar-refractivity contribution in [3.8, 4) is 0 Å². The number of rotatable bonds is 3. The summed E-state index contributed by atoms with van der Waals surface area (Å²) in [5.74, 6) is 0.283. The molecule has 1 aliphatic rings. The van der Waals surface area contributed by atoms with E-state index in [0.717, 1.165) is 48.6 Å². The Balaban J connectivity index is 1.87. The summed E-state index contributed by atoms with van der Waals surface area (Å²) in [6.45, 7) is 5.97. The topological polar surface area (TPSA) is 54.0 Å². The van der Waals surface area contributed by atoms with Gasteiger partial charge in [-0.05, 0) is 69.6 Å².